The van der Waals surface area contributed by atoms with Crippen LogP contribution in [0.1, 0.15) is 369 Å². The summed E-state index contributed by atoms with van der Waals surface area (Å²) >= 11 is 0. The van der Waals surface area contributed by atoms with E-state index in [-0.39, 0.29) is 25.7 Å². The van der Waals surface area contributed by atoms with Crippen LogP contribution in [-0.4, -0.2) is 96.7 Å². The van der Waals surface area contributed by atoms with Gasteiger partial charge in [-0.2, -0.15) is 0 Å². The lowest BCUT2D eigenvalue weighted by Gasteiger charge is -2.21. The number of phosphoric acid groups is 2. The summed E-state index contributed by atoms with van der Waals surface area (Å²) in [4.78, 5) is 72.5. The van der Waals surface area contributed by atoms with Gasteiger partial charge in [-0.05, 0) is 37.5 Å². The van der Waals surface area contributed by atoms with Crippen LogP contribution < -0.4 is 0 Å². The summed E-state index contributed by atoms with van der Waals surface area (Å²) in [5.74, 6) is -0.596. The molecule has 0 spiro atoms. The average Bonchev–Trinajstić information content (AvgIpc) is 1.97. The van der Waals surface area contributed by atoms with E-state index in [1.54, 1.807) is 0 Å². The first-order chi connectivity index (χ1) is 43.9. The molecule has 0 saturated carbocycles. The van der Waals surface area contributed by atoms with Gasteiger partial charge in [0.05, 0.1) is 26.4 Å². The molecule has 0 aromatic carbocycles. The van der Waals surface area contributed by atoms with E-state index in [1.807, 2.05) is 0 Å². The van der Waals surface area contributed by atoms with E-state index in [0.29, 0.717) is 25.7 Å². The number of aliphatic hydroxyl groups excluding tert-OH is 1. The Labute approximate surface area is 556 Å². The number of esters is 4. The number of rotatable bonds is 71. The first-order valence-corrected chi connectivity index (χ1v) is 40.5. The fourth-order valence-electron chi connectivity index (χ4n) is 10.9. The van der Waals surface area contributed by atoms with Crippen molar-refractivity contribution in [3.8, 4) is 0 Å². The molecular weight excluding hydrogens is 1200 g/mol. The van der Waals surface area contributed by atoms with Crippen LogP contribution in [0.25, 0.3) is 0 Å². The molecule has 17 nitrogen and oxygen atoms in total. The minimum Gasteiger partial charge on any atom is -0.462 e. The smallest absolute Gasteiger partial charge is 0.462 e. The Kier molecular flexibility index (Phi) is 62.7. The molecule has 19 heteroatoms. The van der Waals surface area contributed by atoms with Crippen molar-refractivity contribution in [2.75, 3.05) is 39.6 Å². The third-order valence-electron chi connectivity index (χ3n) is 17.1. The van der Waals surface area contributed by atoms with E-state index < -0.39 is 97.5 Å². The Morgan fingerprint density at radius 3 is 0.835 bits per heavy atom. The van der Waals surface area contributed by atoms with Crippen molar-refractivity contribution in [3.05, 3.63) is 0 Å². The van der Waals surface area contributed by atoms with Gasteiger partial charge in [-0.15, -0.1) is 0 Å². The molecule has 3 unspecified atom stereocenters. The lowest BCUT2D eigenvalue weighted by Crippen LogP contribution is -2.30. The summed E-state index contributed by atoms with van der Waals surface area (Å²) in [6, 6.07) is 0. The summed E-state index contributed by atoms with van der Waals surface area (Å²) in [6.07, 6.45) is 50.1. The molecule has 0 fully saturated rings. The molecular formula is C72H140O17P2. The van der Waals surface area contributed by atoms with Crippen LogP contribution in [0.4, 0.5) is 0 Å². The van der Waals surface area contributed by atoms with Gasteiger partial charge in [0.25, 0.3) is 0 Å². The van der Waals surface area contributed by atoms with Gasteiger partial charge in [-0.1, -0.05) is 318 Å². The Morgan fingerprint density at radius 2 is 0.560 bits per heavy atom. The molecule has 6 atom stereocenters. The standard InChI is InChI=1S/C72H140O17P2/c1-7-10-12-14-16-18-19-20-26-29-32-36-43-49-55-70(75)83-60-67(88-71(76)56-50-44-37-33-30-27-24-22-21-23-25-28-31-34-40-46-52-64(4)5)62-86-90(78,79)84-58-66(73)59-85-91(80,81)87-63-68(61-82-69(74)54-48-42-35-17-15-13-11-8-2)89-72(77)57-51-45-39-38-41-47-53-65(6)9-3/h64-68,73H,7-63H2,1-6H3,(H,78,79)(H,80,81)/t65?,66-,67-,68-/m1/s1. The highest BCUT2D eigenvalue weighted by Gasteiger charge is 2.30. The van der Waals surface area contributed by atoms with Crippen LogP contribution in [-0.2, 0) is 65.4 Å². The van der Waals surface area contributed by atoms with Crippen molar-refractivity contribution in [3.63, 3.8) is 0 Å². The quantitative estimate of drug-likeness (QED) is 0.0222. The lowest BCUT2D eigenvalue weighted by atomic mass is 10.00. The van der Waals surface area contributed by atoms with Crippen LogP contribution in [0, 0.1) is 11.8 Å². The molecule has 0 heterocycles. The monoisotopic (exact) mass is 1340 g/mol. The van der Waals surface area contributed by atoms with Gasteiger partial charge in [0.1, 0.15) is 19.3 Å². The van der Waals surface area contributed by atoms with Gasteiger partial charge in [0, 0.05) is 25.7 Å². The van der Waals surface area contributed by atoms with Crippen molar-refractivity contribution in [1.29, 1.82) is 0 Å². The predicted octanol–water partition coefficient (Wildman–Crippen LogP) is 20.8. The number of carbonyl (C=O) groups is 4. The van der Waals surface area contributed by atoms with Crippen molar-refractivity contribution in [2.24, 2.45) is 11.8 Å². The number of unbranched alkanes of at least 4 members (excludes halogenated alkanes) is 40. The number of phosphoric ester groups is 2. The molecule has 0 aromatic rings. The van der Waals surface area contributed by atoms with Crippen LogP contribution in [0.5, 0.6) is 0 Å². The Balaban J connectivity index is 5.20. The van der Waals surface area contributed by atoms with Gasteiger partial charge in [-0.3, -0.25) is 37.3 Å². The van der Waals surface area contributed by atoms with E-state index in [9.17, 15) is 43.2 Å². The van der Waals surface area contributed by atoms with Gasteiger partial charge >= 0.3 is 39.5 Å². The zero-order chi connectivity index (χ0) is 67.2. The summed E-state index contributed by atoms with van der Waals surface area (Å²) in [7, 11) is -9.90. The van der Waals surface area contributed by atoms with Crippen LogP contribution in [0.2, 0.25) is 0 Å². The topological polar surface area (TPSA) is 237 Å². The molecule has 0 rings (SSSR count). The van der Waals surface area contributed by atoms with Crippen LogP contribution in [0.15, 0.2) is 0 Å². The minimum atomic E-state index is -4.95. The molecule has 91 heavy (non-hydrogen) atoms. The van der Waals surface area contributed by atoms with E-state index in [2.05, 4.69) is 41.5 Å². The third-order valence-corrected chi connectivity index (χ3v) is 19.0. The predicted molar refractivity (Wildman–Crippen MR) is 368 cm³/mol. The second-order valence-electron chi connectivity index (χ2n) is 26.7. The Morgan fingerprint density at radius 1 is 0.319 bits per heavy atom. The van der Waals surface area contributed by atoms with Crippen LogP contribution >= 0.6 is 15.6 Å². The molecule has 0 aliphatic rings. The van der Waals surface area contributed by atoms with Gasteiger partial charge in [0.2, 0.25) is 0 Å². The number of carbonyl (C=O) groups excluding carboxylic acids is 4. The zero-order valence-corrected chi connectivity index (χ0v) is 60.9. The lowest BCUT2D eigenvalue weighted by molar-refractivity contribution is -0.161. The number of hydrogen-bond donors (Lipinski definition) is 3. The summed E-state index contributed by atoms with van der Waals surface area (Å²) < 4.78 is 68.3. The van der Waals surface area contributed by atoms with E-state index in [4.69, 9.17) is 37.0 Å². The average molecular weight is 1340 g/mol. The van der Waals surface area contributed by atoms with Gasteiger partial charge < -0.3 is 33.8 Å². The fourth-order valence-corrected chi connectivity index (χ4v) is 12.5. The maximum absolute atomic E-state index is 13.0. The Hall–Kier alpha value is -1.94. The maximum Gasteiger partial charge on any atom is 0.472 e. The van der Waals surface area contributed by atoms with Crippen LogP contribution in [0.3, 0.4) is 0 Å². The molecule has 0 aliphatic heterocycles. The molecule has 0 aromatic heterocycles. The van der Waals surface area contributed by atoms with Crippen molar-refractivity contribution in [2.45, 2.75) is 387 Å². The van der Waals surface area contributed by atoms with Crippen molar-refractivity contribution in [1.82, 2.24) is 0 Å². The SMILES string of the molecule is CCCCCCCCCCCCCCCCC(=O)OC[C@H](COP(=O)(O)OC[C@@H](O)COP(=O)(O)OC[C@@H](COC(=O)CCCCCCCCCC)OC(=O)CCCCCCCCC(C)CC)OC(=O)CCCCCCCCCCCCCCCCCCC(C)C. The molecule has 540 valence electrons. The van der Waals surface area contributed by atoms with Gasteiger partial charge in [-0.25, -0.2) is 9.13 Å². The molecule has 0 bridgehead atoms. The normalized spacial score (nSPS) is 14.4. The highest BCUT2D eigenvalue weighted by atomic mass is 31.2. The largest absolute Gasteiger partial charge is 0.472 e. The molecule has 0 amide bonds. The molecule has 0 radical (unpaired) electrons. The minimum absolute atomic E-state index is 0.103. The summed E-state index contributed by atoms with van der Waals surface area (Å²) in [5.41, 5.74) is 0. The summed E-state index contributed by atoms with van der Waals surface area (Å²) in [5, 5.41) is 10.6. The van der Waals surface area contributed by atoms with Crippen molar-refractivity contribution < 1.29 is 80.2 Å². The summed E-state index contributed by atoms with van der Waals surface area (Å²) in [6.45, 7) is 9.52. The third kappa shape index (κ3) is 65.1. The molecule has 0 saturated heterocycles. The van der Waals surface area contributed by atoms with E-state index in [0.717, 1.165) is 108 Å². The second kappa shape index (κ2) is 64.1. The van der Waals surface area contributed by atoms with Gasteiger partial charge in [0.15, 0.2) is 12.2 Å². The maximum atomic E-state index is 13.0. The van der Waals surface area contributed by atoms with E-state index in [1.165, 1.54) is 180 Å². The fraction of sp³-hybridized carbons (Fsp3) is 0.944. The molecule has 3 N–H and O–H groups in total. The number of ether oxygens (including phenoxy) is 4. The second-order valence-corrected chi connectivity index (χ2v) is 29.6. The Bertz CT molecular complexity index is 1770. The van der Waals surface area contributed by atoms with Crippen molar-refractivity contribution >= 4 is 39.5 Å². The first-order valence-electron chi connectivity index (χ1n) is 37.5. The highest BCUT2D eigenvalue weighted by Crippen LogP contribution is 2.45. The zero-order valence-electron chi connectivity index (χ0n) is 59.1. The number of aliphatic hydroxyl groups is 1. The molecule has 0 aliphatic carbocycles. The number of hydrogen-bond acceptors (Lipinski definition) is 15. The van der Waals surface area contributed by atoms with E-state index >= 15 is 0 Å². The highest BCUT2D eigenvalue weighted by molar-refractivity contribution is 7.47. The first kappa shape index (κ1) is 89.1.